The average Bonchev–Trinajstić information content (AvgIpc) is 2.64. The SMILES string of the molecule is C1=NOCC1.c1cncnc1. The van der Waals surface area contributed by atoms with Crippen LogP contribution in [-0.2, 0) is 4.84 Å². The molecule has 1 aromatic heterocycles. The fraction of sp³-hybridized carbons (Fsp3) is 0.286. The number of hydrogen-bond acceptors (Lipinski definition) is 4. The van der Waals surface area contributed by atoms with Gasteiger partial charge in [-0.2, -0.15) is 0 Å². The van der Waals surface area contributed by atoms with Crippen molar-refractivity contribution in [1.82, 2.24) is 9.97 Å². The number of aromatic nitrogens is 2. The molecular formula is C7H9N3O. The number of hydrogen-bond donors (Lipinski definition) is 0. The van der Waals surface area contributed by atoms with Gasteiger partial charge in [-0.05, 0) is 6.07 Å². The summed E-state index contributed by atoms with van der Waals surface area (Å²) in [6.45, 7) is 0.778. The zero-order valence-corrected chi connectivity index (χ0v) is 6.05. The van der Waals surface area contributed by atoms with Gasteiger partial charge in [-0.25, -0.2) is 9.97 Å². The Kier molecular flexibility index (Phi) is 3.72. The molecular weight excluding hydrogens is 142 g/mol. The molecule has 4 heteroatoms. The van der Waals surface area contributed by atoms with E-state index in [1.54, 1.807) is 24.7 Å². The van der Waals surface area contributed by atoms with E-state index in [2.05, 4.69) is 20.0 Å². The minimum atomic E-state index is 0.778. The van der Waals surface area contributed by atoms with Gasteiger partial charge in [-0.3, -0.25) is 0 Å². The molecule has 0 atom stereocenters. The highest BCUT2D eigenvalue weighted by atomic mass is 16.6. The molecule has 0 radical (unpaired) electrons. The Morgan fingerprint density at radius 2 is 2.00 bits per heavy atom. The van der Waals surface area contributed by atoms with Crippen molar-refractivity contribution >= 4 is 6.21 Å². The van der Waals surface area contributed by atoms with Crippen molar-refractivity contribution in [2.24, 2.45) is 5.16 Å². The quantitative estimate of drug-likeness (QED) is 0.552. The number of rotatable bonds is 0. The largest absolute Gasteiger partial charge is 0.396 e. The van der Waals surface area contributed by atoms with Crippen molar-refractivity contribution in [2.45, 2.75) is 6.42 Å². The lowest BCUT2D eigenvalue weighted by Crippen LogP contribution is -1.72. The predicted octanol–water partition coefficient (Wildman–Crippen LogP) is 0.869. The Balaban J connectivity index is 0.000000112. The number of oxime groups is 1. The Hall–Kier alpha value is -1.45. The second-order valence-corrected chi connectivity index (χ2v) is 1.81. The first-order valence-corrected chi connectivity index (χ1v) is 3.34. The summed E-state index contributed by atoms with van der Waals surface area (Å²) < 4.78 is 0. The van der Waals surface area contributed by atoms with Crippen molar-refractivity contribution in [3.63, 3.8) is 0 Å². The van der Waals surface area contributed by atoms with E-state index in [1.807, 2.05) is 0 Å². The summed E-state index contributed by atoms with van der Waals surface area (Å²) in [6, 6.07) is 1.78. The van der Waals surface area contributed by atoms with E-state index in [0.717, 1.165) is 13.0 Å². The van der Waals surface area contributed by atoms with Crippen LogP contribution in [0.2, 0.25) is 0 Å². The first-order chi connectivity index (χ1) is 5.50. The molecule has 1 aromatic rings. The smallest absolute Gasteiger partial charge is 0.122 e. The lowest BCUT2D eigenvalue weighted by molar-refractivity contribution is 0.174. The summed E-state index contributed by atoms with van der Waals surface area (Å²) in [4.78, 5) is 11.9. The van der Waals surface area contributed by atoms with Gasteiger partial charge in [-0.1, -0.05) is 5.16 Å². The molecule has 0 amide bonds. The lowest BCUT2D eigenvalue weighted by Gasteiger charge is -1.76. The zero-order valence-electron chi connectivity index (χ0n) is 6.05. The monoisotopic (exact) mass is 151 g/mol. The number of nitrogens with zero attached hydrogens (tertiary/aromatic N) is 3. The van der Waals surface area contributed by atoms with Crippen LogP contribution in [0.15, 0.2) is 29.9 Å². The molecule has 0 bridgehead atoms. The van der Waals surface area contributed by atoms with Gasteiger partial charge in [-0.15, -0.1) is 0 Å². The Labute approximate surface area is 64.9 Å². The first kappa shape index (κ1) is 7.65. The summed E-state index contributed by atoms with van der Waals surface area (Å²) in [7, 11) is 0. The molecule has 1 aliphatic heterocycles. The highest BCUT2D eigenvalue weighted by Crippen LogP contribution is 1.86. The van der Waals surface area contributed by atoms with Gasteiger partial charge >= 0.3 is 0 Å². The van der Waals surface area contributed by atoms with E-state index in [4.69, 9.17) is 0 Å². The van der Waals surface area contributed by atoms with Crippen molar-refractivity contribution in [1.29, 1.82) is 0 Å². The van der Waals surface area contributed by atoms with Gasteiger partial charge in [0.2, 0.25) is 0 Å². The summed E-state index contributed by atoms with van der Waals surface area (Å²) in [5, 5.41) is 3.46. The van der Waals surface area contributed by atoms with Gasteiger partial charge < -0.3 is 4.84 Å². The summed E-state index contributed by atoms with van der Waals surface area (Å²) in [6.07, 6.45) is 7.62. The van der Waals surface area contributed by atoms with Crippen LogP contribution in [0, 0.1) is 0 Å². The van der Waals surface area contributed by atoms with Crippen LogP contribution in [0.4, 0.5) is 0 Å². The predicted molar refractivity (Wildman–Crippen MR) is 41.1 cm³/mol. The lowest BCUT2D eigenvalue weighted by atomic mass is 10.5. The highest BCUT2D eigenvalue weighted by molar-refractivity contribution is 5.57. The van der Waals surface area contributed by atoms with E-state index in [0.29, 0.717) is 0 Å². The molecule has 0 saturated heterocycles. The van der Waals surface area contributed by atoms with E-state index < -0.39 is 0 Å². The van der Waals surface area contributed by atoms with Gasteiger partial charge in [0.1, 0.15) is 12.9 Å². The van der Waals surface area contributed by atoms with E-state index in [9.17, 15) is 0 Å². The fourth-order valence-corrected chi connectivity index (χ4v) is 0.517. The maximum Gasteiger partial charge on any atom is 0.122 e. The fourth-order valence-electron chi connectivity index (χ4n) is 0.517. The molecule has 0 aromatic carbocycles. The van der Waals surface area contributed by atoms with Crippen LogP contribution in [0.25, 0.3) is 0 Å². The molecule has 11 heavy (non-hydrogen) atoms. The molecule has 2 heterocycles. The highest BCUT2D eigenvalue weighted by Gasteiger charge is 1.86. The molecule has 0 fully saturated rings. The molecule has 1 aliphatic rings. The van der Waals surface area contributed by atoms with Crippen molar-refractivity contribution in [2.75, 3.05) is 6.61 Å². The topological polar surface area (TPSA) is 47.4 Å². The third kappa shape index (κ3) is 4.02. The van der Waals surface area contributed by atoms with Gasteiger partial charge in [0.05, 0.1) is 0 Å². The second-order valence-electron chi connectivity index (χ2n) is 1.81. The Morgan fingerprint density at radius 1 is 1.18 bits per heavy atom. The van der Waals surface area contributed by atoms with Crippen molar-refractivity contribution in [3.8, 4) is 0 Å². The van der Waals surface area contributed by atoms with Crippen LogP contribution in [0.5, 0.6) is 0 Å². The van der Waals surface area contributed by atoms with E-state index >= 15 is 0 Å². The van der Waals surface area contributed by atoms with Gasteiger partial charge in [0.15, 0.2) is 0 Å². The maximum atomic E-state index is 4.51. The van der Waals surface area contributed by atoms with Crippen LogP contribution in [0.3, 0.4) is 0 Å². The summed E-state index contributed by atoms with van der Waals surface area (Å²) in [5.74, 6) is 0. The molecule has 0 aliphatic carbocycles. The average molecular weight is 151 g/mol. The molecule has 0 N–H and O–H groups in total. The first-order valence-electron chi connectivity index (χ1n) is 3.34. The van der Waals surface area contributed by atoms with Crippen molar-refractivity contribution in [3.05, 3.63) is 24.8 Å². The Morgan fingerprint density at radius 3 is 2.18 bits per heavy atom. The molecule has 0 saturated carbocycles. The second kappa shape index (κ2) is 5.34. The van der Waals surface area contributed by atoms with Crippen LogP contribution < -0.4 is 0 Å². The standard InChI is InChI=1S/C4H4N2.C3H5NO/c1-2-5-4-6-3-1;1-2-4-5-3-1/h1-4H;2H,1,3H2. The molecule has 0 unspecified atom stereocenters. The molecule has 58 valence electrons. The van der Waals surface area contributed by atoms with E-state index in [-0.39, 0.29) is 0 Å². The summed E-state index contributed by atoms with van der Waals surface area (Å²) in [5.41, 5.74) is 0. The van der Waals surface area contributed by atoms with Crippen LogP contribution in [0.1, 0.15) is 6.42 Å². The molecule has 0 spiro atoms. The third-order valence-corrected chi connectivity index (χ3v) is 0.965. The van der Waals surface area contributed by atoms with E-state index in [1.165, 1.54) is 6.33 Å². The van der Waals surface area contributed by atoms with Gasteiger partial charge in [0.25, 0.3) is 0 Å². The third-order valence-electron chi connectivity index (χ3n) is 0.965. The van der Waals surface area contributed by atoms with Gasteiger partial charge in [0, 0.05) is 25.0 Å². The normalized spacial score (nSPS) is 13.1. The Bertz CT molecular complexity index is 167. The molecule has 4 nitrogen and oxygen atoms in total. The minimum Gasteiger partial charge on any atom is -0.396 e. The zero-order chi connectivity index (χ0) is 7.78. The van der Waals surface area contributed by atoms with Crippen LogP contribution in [-0.4, -0.2) is 22.8 Å². The minimum absolute atomic E-state index is 0.778. The van der Waals surface area contributed by atoms with Crippen LogP contribution >= 0.6 is 0 Å². The molecule has 2 rings (SSSR count). The van der Waals surface area contributed by atoms with Crippen molar-refractivity contribution < 1.29 is 4.84 Å². The maximum absolute atomic E-state index is 4.51. The summed E-state index contributed by atoms with van der Waals surface area (Å²) >= 11 is 0.